The highest BCUT2D eigenvalue weighted by Crippen LogP contribution is 2.46. The van der Waals surface area contributed by atoms with Crippen LogP contribution in [0.15, 0.2) is 54.6 Å². The Morgan fingerprint density at radius 2 is 1.71 bits per heavy atom. The summed E-state index contributed by atoms with van der Waals surface area (Å²) in [7, 11) is 1.84. The predicted octanol–water partition coefficient (Wildman–Crippen LogP) is 4.18. The first-order chi connectivity index (χ1) is 13.5. The molecule has 0 N–H and O–H groups in total. The summed E-state index contributed by atoms with van der Waals surface area (Å²) < 4.78 is 0. The van der Waals surface area contributed by atoms with Crippen molar-refractivity contribution in [2.24, 2.45) is 0 Å². The van der Waals surface area contributed by atoms with E-state index in [4.69, 9.17) is 0 Å². The maximum Gasteiger partial charge on any atom is 0.237 e. The average Bonchev–Trinajstić information content (AvgIpc) is 2.93. The maximum absolute atomic E-state index is 13.5. The molecule has 0 aliphatic carbocycles. The van der Waals surface area contributed by atoms with Gasteiger partial charge in [0.1, 0.15) is 0 Å². The fourth-order valence-corrected chi connectivity index (χ4v) is 4.37. The number of carbonyl (C=O) groups is 2. The molecule has 1 aliphatic heterocycles. The van der Waals surface area contributed by atoms with Gasteiger partial charge in [0.05, 0.1) is 5.41 Å². The fourth-order valence-electron chi connectivity index (χ4n) is 4.37. The Balaban J connectivity index is 1.95. The molecule has 0 unspecified atom stereocenters. The number of hydrogen-bond donors (Lipinski definition) is 0. The van der Waals surface area contributed by atoms with Gasteiger partial charge >= 0.3 is 0 Å². The van der Waals surface area contributed by atoms with E-state index < -0.39 is 5.41 Å². The molecule has 1 aliphatic rings. The summed E-state index contributed by atoms with van der Waals surface area (Å²) in [6.45, 7) is 5.57. The standard InChI is InChI=1S/C24H30N2O2/c1-4-17-26(5-2)22(27)15-16-24(18-19-11-7-6-8-12-19)20-13-9-10-14-21(20)25(3)23(24)28/h6-14H,4-5,15-18H2,1-3H3/t24-/m1/s1. The van der Waals surface area contributed by atoms with E-state index in [1.165, 1.54) is 0 Å². The molecule has 2 aromatic rings. The minimum Gasteiger partial charge on any atom is -0.343 e. The van der Waals surface area contributed by atoms with E-state index in [0.717, 1.165) is 29.8 Å². The van der Waals surface area contributed by atoms with E-state index in [9.17, 15) is 9.59 Å². The third-order valence-corrected chi connectivity index (χ3v) is 5.84. The number of hydrogen-bond acceptors (Lipinski definition) is 2. The van der Waals surface area contributed by atoms with Gasteiger partial charge in [0.15, 0.2) is 0 Å². The number of fused-ring (bicyclic) bond motifs is 1. The first kappa shape index (κ1) is 20.1. The Kier molecular flexibility index (Phi) is 6.18. The molecule has 3 rings (SSSR count). The number of amides is 2. The Morgan fingerprint density at radius 1 is 1.04 bits per heavy atom. The van der Waals surface area contributed by atoms with Crippen molar-refractivity contribution in [3.05, 3.63) is 65.7 Å². The summed E-state index contributed by atoms with van der Waals surface area (Å²) in [6, 6.07) is 18.1. The summed E-state index contributed by atoms with van der Waals surface area (Å²) in [5.41, 5.74) is 2.43. The van der Waals surface area contributed by atoms with Crippen LogP contribution in [0.5, 0.6) is 0 Å². The number of likely N-dealkylation sites (N-methyl/N-ethyl adjacent to an activating group) is 1. The minimum absolute atomic E-state index is 0.0869. The molecule has 148 valence electrons. The van der Waals surface area contributed by atoms with Crippen molar-refractivity contribution in [1.29, 1.82) is 0 Å². The highest BCUT2D eigenvalue weighted by atomic mass is 16.2. The smallest absolute Gasteiger partial charge is 0.237 e. The molecule has 0 radical (unpaired) electrons. The number of rotatable bonds is 8. The summed E-state index contributed by atoms with van der Waals surface area (Å²) in [4.78, 5) is 29.9. The second-order valence-corrected chi connectivity index (χ2v) is 7.60. The van der Waals surface area contributed by atoms with Crippen molar-refractivity contribution in [3.63, 3.8) is 0 Å². The number of para-hydroxylation sites is 1. The normalized spacial score (nSPS) is 18.2. The SMILES string of the molecule is CCCN(CC)C(=O)CC[C@]1(Cc2ccccc2)C(=O)N(C)c2ccccc21. The van der Waals surface area contributed by atoms with Crippen LogP contribution in [0.2, 0.25) is 0 Å². The van der Waals surface area contributed by atoms with Gasteiger partial charge in [-0.3, -0.25) is 9.59 Å². The van der Waals surface area contributed by atoms with Crippen molar-refractivity contribution in [3.8, 4) is 0 Å². The Bertz CT molecular complexity index is 834. The molecular formula is C24H30N2O2. The summed E-state index contributed by atoms with van der Waals surface area (Å²) in [5, 5.41) is 0. The van der Waals surface area contributed by atoms with Crippen LogP contribution in [0.25, 0.3) is 0 Å². The second-order valence-electron chi connectivity index (χ2n) is 7.60. The fraction of sp³-hybridized carbons (Fsp3) is 0.417. The molecule has 0 spiro atoms. The maximum atomic E-state index is 13.5. The quantitative estimate of drug-likeness (QED) is 0.691. The van der Waals surface area contributed by atoms with Crippen LogP contribution < -0.4 is 4.90 Å². The zero-order valence-corrected chi connectivity index (χ0v) is 17.1. The third kappa shape index (κ3) is 3.68. The molecule has 1 atom stereocenters. The Hall–Kier alpha value is -2.62. The molecule has 0 fully saturated rings. The topological polar surface area (TPSA) is 40.6 Å². The lowest BCUT2D eigenvalue weighted by Crippen LogP contribution is -2.42. The van der Waals surface area contributed by atoms with Gasteiger partial charge in [-0.05, 0) is 43.4 Å². The van der Waals surface area contributed by atoms with Gasteiger partial charge in [-0.1, -0.05) is 55.5 Å². The lowest BCUT2D eigenvalue weighted by atomic mass is 9.73. The van der Waals surface area contributed by atoms with E-state index in [0.29, 0.717) is 25.8 Å². The summed E-state index contributed by atoms with van der Waals surface area (Å²) in [6.07, 6.45) is 2.47. The van der Waals surface area contributed by atoms with Crippen molar-refractivity contribution in [2.45, 2.75) is 44.9 Å². The molecule has 2 amide bonds. The van der Waals surface area contributed by atoms with Crippen LogP contribution in [-0.4, -0.2) is 36.9 Å². The Morgan fingerprint density at radius 3 is 2.39 bits per heavy atom. The first-order valence-corrected chi connectivity index (χ1v) is 10.2. The minimum atomic E-state index is -0.687. The molecular weight excluding hydrogens is 348 g/mol. The van der Waals surface area contributed by atoms with E-state index in [2.05, 4.69) is 19.1 Å². The van der Waals surface area contributed by atoms with Gasteiger partial charge in [0.2, 0.25) is 11.8 Å². The van der Waals surface area contributed by atoms with Crippen molar-refractivity contribution in [2.75, 3.05) is 25.0 Å². The highest BCUT2D eigenvalue weighted by Gasteiger charge is 2.49. The molecule has 0 saturated heterocycles. The van der Waals surface area contributed by atoms with E-state index >= 15 is 0 Å². The second kappa shape index (κ2) is 8.59. The van der Waals surface area contributed by atoms with Crippen molar-refractivity contribution < 1.29 is 9.59 Å². The lowest BCUT2D eigenvalue weighted by Gasteiger charge is -2.30. The number of anilines is 1. The molecule has 0 aromatic heterocycles. The van der Waals surface area contributed by atoms with E-state index in [1.54, 1.807) is 4.90 Å². The zero-order valence-electron chi connectivity index (χ0n) is 17.1. The first-order valence-electron chi connectivity index (χ1n) is 10.2. The van der Waals surface area contributed by atoms with Crippen LogP contribution in [0.4, 0.5) is 5.69 Å². The van der Waals surface area contributed by atoms with Crippen LogP contribution in [0.1, 0.15) is 44.2 Å². The number of carbonyl (C=O) groups excluding carboxylic acids is 2. The monoisotopic (exact) mass is 378 g/mol. The molecule has 0 saturated carbocycles. The van der Waals surface area contributed by atoms with Crippen LogP contribution in [-0.2, 0) is 21.4 Å². The average molecular weight is 379 g/mol. The van der Waals surface area contributed by atoms with Gasteiger partial charge in [0, 0.05) is 32.2 Å². The van der Waals surface area contributed by atoms with Crippen LogP contribution >= 0.6 is 0 Å². The van der Waals surface area contributed by atoms with E-state index in [1.807, 2.05) is 61.3 Å². The van der Waals surface area contributed by atoms with Crippen LogP contribution in [0, 0.1) is 0 Å². The van der Waals surface area contributed by atoms with Gasteiger partial charge < -0.3 is 9.80 Å². The third-order valence-electron chi connectivity index (χ3n) is 5.84. The molecule has 2 aromatic carbocycles. The zero-order chi connectivity index (χ0) is 20.1. The van der Waals surface area contributed by atoms with E-state index in [-0.39, 0.29) is 11.8 Å². The molecule has 4 heteroatoms. The molecule has 0 bridgehead atoms. The molecule has 28 heavy (non-hydrogen) atoms. The number of nitrogens with zero attached hydrogens (tertiary/aromatic N) is 2. The summed E-state index contributed by atoms with van der Waals surface area (Å²) >= 11 is 0. The molecule has 1 heterocycles. The van der Waals surface area contributed by atoms with Crippen LogP contribution in [0.3, 0.4) is 0 Å². The largest absolute Gasteiger partial charge is 0.343 e. The van der Waals surface area contributed by atoms with Crippen molar-refractivity contribution >= 4 is 17.5 Å². The lowest BCUT2D eigenvalue weighted by molar-refractivity contribution is -0.132. The van der Waals surface area contributed by atoms with Gasteiger partial charge in [0.25, 0.3) is 0 Å². The van der Waals surface area contributed by atoms with Gasteiger partial charge in [-0.25, -0.2) is 0 Å². The highest BCUT2D eigenvalue weighted by molar-refractivity contribution is 6.08. The predicted molar refractivity (Wildman–Crippen MR) is 113 cm³/mol. The number of benzene rings is 2. The summed E-state index contributed by atoms with van der Waals surface area (Å²) in [5.74, 6) is 0.223. The van der Waals surface area contributed by atoms with Gasteiger partial charge in [-0.15, -0.1) is 0 Å². The molecule has 4 nitrogen and oxygen atoms in total. The Labute approximate surface area is 168 Å². The van der Waals surface area contributed by atoms with Crippen molar-refractivity contribution in [1.82, 2.24) is 4.90 Å². The van der Waals surface area contributed by atoms with Gasteiger partial charge in [-0.2, -0.15) is 0 Å².